The Balaban J connectivity index is 2.22. The monoisotopic (exact) mass is 427 g/mol. The number of tetrazole rings is 1. The highest BCUT2D eigenvalue weighted by Crippen LogP contribution is 2.33. The second kappa shape index (κ2) is 5.75. The normalized spacial score (nSPS) is 10.8. The Labute approximate surface area is 142 Å². The number of halogens is 3. The molecule has 21 heavy (non-hydrogen) atoms. The number of anilines is 1. The molecule has 2 aromatic carbocycles. The molecule has 0 spiro atoms. The van der Waals surface area contributed by atoms with Gasteiger partial charge in [0.05, 0.1) is 15.2 Å². The molecule has 1 heterocycles. The first kappa shape index (κ1) is 14.5. The summed E-state index contributed by atoms with van der Waals surface area (Å²) in [6.45, 7) is 0. The van der Waals surface area contributed by atoms with Crippen LogP contribution in [0.3, 0.4) is 0 Å². The topological polar surface area (TPSA) is 69.6 Å². The summed E-state index contributed by atoms with van der Waals surface area (Å²) in [7, 11) is 0. The van der Waals surface area contributed by atoms with Gasteiger partial charge in [-0.2, -0.15) is 4.68 Å². The van der Waals surface area contributed by atoms with Gasteiger partial charge in [0.1, 0.15) is 0 Å². The second-order valence-electron chi connectivity index (χ2n) is 4.22. The molecular weight excluding hydrogens is 421 g/mol. The predicted molar refractivity (Wildman–Crippen MR) is 89.4 cm³/mol. The highest BCUT2D eigenvalue weighted by atomic mass is 79.9. The Morgan fingerprint density at radius 3 is 2.76 bits per heavy atom. The summed E-state index contributed by atoms with van der Waals surface area (Å²) < 4.78 is 3.20. The molecule has 3 aromatic rings. The van der Waals surface area contributed by atoms with Crippen LogP contribution in [0.15, 0.2) is 45.3 Å². The summed E-state index contributed by atoms with van der Waals surface area (Å²) in [6, 6.07) is 11.0. The Kier molecular flexibility index (Phi) is 3.97. The third-order valence-electron chi connectivity index (χ3n) is 2.88. The lowest BCUT2D eigenvalue weighted by Gasteiger charge is -2.09. The zero-order valence-electron chi connectivity index (χ0n) is 10.5. The van der Waals surface area contributed by atoms with E-state index in [-0.39, 0.29) is 0 Å². The largest absolute Gasteiger partial charge is 0.398 e. The molecule has 5 nitrogen and oxygen atoms in total. The van der Waals surface area contributed by atoms with Crippen LogP contribution < -0.4 is 5.73 Å². The molecule has 0 atom stereocenters. The average Bonchev–Trinajstić information content (AvgIpc) is 2.93. The number of nitrogens with zero attached hydrogens (tertiary/aromatic N) is 4. The fraction of sp³-hybridized carbons (Fsp3) is 0. The van der Waals surface area contributed by atoms with E-state index in [0.717, 1.165) is 14.5 Å². The maximum absolute atomic E-state index is 6.24. The zero-order valence-corrected chi connectivity index (χ0v) is 14.4. The van der Waals surface area contributed by atoms with Crippen molar-refractivity contribution >= 4 is 49.1 Å². The van der Waals surface area contributed by atoms with Crippen LogP contribution in [0, 0.1) is 0 Å². The third-order valence-corrected chi connectivity index (χ3v) is 4.57. The molecule has 0 aliphatic rings. The third kappa shape index (κ3) is 2.68. The minimum atomic E-state index is 0.548. The summed E-state index contributed by atoms with van der Waals surface area (Å²) in [5.74, 6) is 0.550. The molecule has 0 radical (unpaired) electrons. The minimum Gasteiger partial charge on any atom is -0.398 e. The molecule has 1 aromatic heterocycles. The van der Waals surface area contributed by atoms with E-state index in [1.807, 2.05) is 24.3 Å². The van der Waals surface area contributed by atoms with Crippen molar-refractivity contribution in [3.63, 3.8) is 0 Å². The average molecular weight is 430 g/mol. The second-order valence-corrected chi connectivity index (χ2v) is 6.33. The molecule has 0 amide bonds. The van der Waals surface area contributed by atoms with E-state index in [2.05, 4.69) is 47.4 Å². The van der Waals surface area contributed by atoms with Crippen molar-refractivity contribution < 1.29 is 0 Å². The number of hydrogen-bond donors (Lipinski definition) is 1. The number of benzene rings is 2. The number of rotatable bonds is 2. The lowest BCUT2D eigenvalue weighted by atomic mass is 10.2. The summed E-state index contributed by atoms with van der Waals surface area (Å²) in [5, 5.41) is 12.4. The van der Waals surface area contributed by atoms with Crippen LogP contribution in [0.1, 0.15) is 0 Å². The molecule has 2 N–H and O–H groups in total. The van der Waals surface area contributed by atoms with Crippen molar-refractivity contribution in [1.82, 2.24) is 20.2 Å². The van der Waals surface area contributed by atoms with E-state index in [0.29, 0.717) is 22.2 Å². The first-order chi connectivity index (χ1) is 10.1. The molecule has 0 aliphatic carbocycles. The van der Waals surface area contributed by atoms with Crippen molar-refractivity contribution in [1.29, 1.82) is 0 Å². The lowest BCUT2D eigenvalue weighted by Crippen LogP contribution is -2.02. The molecule has 0 unspecified atom stereocenters. The molecule has 3 rings (SSSR count). The van der Waals surface area contributed by atoms with Gasteiger partial charge in [-0.15, -0.1) is 5.10 Å². The van der Waals surface area contributed by atoms with Gasteiger partial charge < -0.3 is 5.73 Å². The summed E-state index contributed by atoms with van der Waals surface area (Å²) in [6.07, 6.45) is 0. The Morgan fingerprint density at radius 1 is 1.14 bits per heavy atom. The van der Waals surface area contributed by atoms with Crippen molar-refractivity contribution in [3.8, 4) is 17.1 Å². The van der Waals surface area contributed by atoms with Gasteiger partial charge in [-0.3, -0.25) is 0 Å². The van der Waals surface area contributed by atoms with Crippen molar-refractivity contribution in [2.24, 2.45) is 0 Å². The molecule has 8 heteroatoms. The van der Waals surface area contributed by atoms with E-state index in [4.69, 9.17) is 17.3 Å². The molecule has 106 valence electrons. The Hall–Kier alpha value is -1.44. The van der Waals surface area contributed by atoms with Crippen LogP contribution in [0.5, 0.6) is 0 Å². The summed E-state index contributed by atoms with van der Waals surface area (Å²) >= 11 is 13.1. The number of aromatic nitrogens is 4. The minimum absolute atomic E-state index is 0.548. The summed E-state index contributed by atoms with van der Waals surface area (Å²) in [4.78, 5) is 0. The molecule has 0 aliphatic heterocycles. The van der Waals surface area contributed by atoms with Crippen LogP contribution in [-0.4, -0.2) is 20.2 Å². The maximum Gasteiger partial charge on any atom is 0.188 e. The van der Waals surface area contributed by atoms with Crippen LogP contribution >= 0.6 is 43.5 Å². The SMILES string of the molecule is Nc1cccc(-c2nnnn2-c2cc(Br)ccc2Cl)c1Br. The van der Waals surface area contributed by atoms with Gasteiger partial charge in [-0.25, -0.2) is 0 Å². The van der Waals surface area contributed by atoms with Crippen LogP contribution in [0.2, 0.25) is 5.02 Å². The van der Waals surface area contributed by atoms with Crippen LogP contribution in [-0.2, 0) is 0 Å². The smallest absolute Gasteiger partial charge is 0.188 e. The predicted octanol–water partition coefficient (Wildman–Crippen LogP) is 4.09. The number of hydrogen-bond acceptors (Lipinski definition) is 4. The van der Waals surface area contributed by atoms with E-state index >= 15 is 0 Å². The fourth-order valence-corrected chi connectivity index (χ4v) is 2.88. The molecule has 0 saturated carbocycles. The van der Waals surface area contributed by atoms with Crippen molar-refractivity contribution in [3.05, 3.63) is 50.4 Å². The van der Waals surface area contributed by atoms with Crippen LogP contribution in [0.4, 0.5) is 5.69 Å². The fourth-order valence-electron chi connectivity index (χ4n) is 1.89. The van der Waals surface area contributed by atoms with Gasteiger partial charge >= 0.3 is 0 Å². The van der Waals surface area contributed by atoms with Crippen molar-refractivity contribution in [2.45, 2.75) is 0 Å². The first-order valence-corrected chi connectivity index (χ1v) is 7.82. The molecule has 0 saturated heterocycles. The van der Waals surface area contributed by atoms with E-state index in [1.165, 1.54) is 0 Å². The van der Waals surface area contributed by atoms with Crippen molar-refractivity contribution in [2.75, 3.05) is 5.73 Å². The van der Waals surface area contributed by atoms with Gasteiger partial charge in [0, 0.05) is 15.7 Å². The standard InChI is InChI=1S/C13H8Br2ClN5/c14-7-4-5-9(16)11(6-7)21-13(18-19-20-21)8-2-1-3-10(17)12(8)15/h1-6H,17H2. The number of nitrogen functional groups attached to an aromatic ring is 1. The van der Waals surface area contributed by atoms with Gasteiger partial charge in [-0.1, -0.05) is 33.6 Å². The maximum atomic E-state index is 6.24. The first-order valence-electron chi connectivity index (χ1n) is 5.86. The highest BCUT2D eigenvalue weighted by Gasteiger charge is 2.16. The zero-order chi connectivity index (χ0) is 15.0. The Bertz CT molecular complexity index is 802. The summed E-state index contributed by atoms with van der Waals surface area (Å²) in [5.41, 5.74) is 7.99. The molecular formula is C13H8Br2ClN5. The van der Waals surface area contributed by atoms with Gasteiger partial charge in [0.2, 0.25) is 0 Å². The van der Waals surface area contributed by atoms with Crippen LogP contribution in [0.25, 0.3) is 17.1 Å². The molecule has 0 fully saturated rings. The number of nitrogens with two attached hydrogens (primary N) is 1. The van der Waals surface area contributed by atoms with Gasteiger partial charge in [0.25, 0.3) is 0 Å². The van der Waals surface area contributed by atoms with E-state index < -0.39 is 0 Å². The van der Waals surface area contributed by atoms with E-state index in [1.54, 1.807) is 16.8 Å². The van der Waals surface area contributed by atoms with Gasteiger partial charge in [0.15, 0.2) is 5.82 Å². The Morgan fingerprint density at radius 2 is 1.95 bits per heavy atom. The highest BCUT2D eigenvalue weighted by molar-refractivity contribution is 9.11. The molecule has 0 bridgehead atoms. The lowest BCUT2D eigenvalue weighted by molar-refractivity contribution is 0.791. The van der Waals surface area contributed by atoms with Gasteiger partial charge in [-0.05, 0) is 56.7 Å². The van der Waals surface area contributed by atoms with E-state index in [9.17, 15) is 0 Å². The quantitative estimate of drug-likeness (QED) is 0.623.